The van der Waals surface area contributed by atoms with Crippen LogP contribution in [0.1, 0.15) is 17.4 Å². The Morgan fingerprint density at radius 1 is 1.35 bits per heavy atom. The van der Waals surface area contributed by atoms with Gasteiger partial charge in [0, 0.05) is 31.2 Å². The molecule has 0 amide bonds. The molecule has 0 radical (unpaired) electrons. The van der Waals surface area contributed by atoms with E-state index in [0.717, 1.165) is 11.1 Å². The molecule has 0 saturated carbocycles. The quantitative estimate of drug-likeness (QED) is 0.760. The molecule has 4 heteroatoms. The fourth-order valence-electron chi connectivity index (χ4n) is 1.67. The van der Waals surface area contributed by atoms with E-state index in [1.165, 1.54) is 0 Å². The van der Waals surface area contributed by atoms with E-state index in [1.807, 2.05) is 31.4 Å². The van der Waals surface area contributed by atoms with Crippen LogP contribution in [0.25, 0.3) is 11.1 Å². The van der Waals surface area contributed by atoms with Gasteiger partial charge in [-0.2, -0.15) is 0 Å². The maximum Gasteiger partial charge on any atom is 0.354 e. The molecule has 0 N–H and O–H groups in total. The van der Waals surface area contributed by atoms with E-state index in [4.69, 9.17) is 4.74 Å². The number of aromatic nitrogens is 2. The second-order valence-corrected chi connectivity index (χ2v) is 3.68. The Bertz CT molecular complexity index is 517. The van der Waals surface area contributed by atoms with Gasteiger partial charge in [0.1, 0.15) is 5.69 Å². The van der Waals surface area contributed by atoms with Gasteiger partial charge in [0.2, 0.25) is 0 Å². The molecule has 2 aromatic heterocycles. The average molecular weight is 230 g/mol. The molecule has 0 bridgehead atoms. The number of rotatable bonds is 3. The minimum absolute atomic E-state index is 0.296. The molecule has 2 heterocycles. The first-order valence-electron chi connectivity index (χ1n) is 5.46. The van der Waals surface area contributed by atoms with Gasteiger partial charge in [-0.15, -0.1) is 0 Å². The van der Waals surface area contributed by atoms with Gasteiger partial charge in [-0.25, -0.2) is 4.79 Å². The van der Waals surface area contributed by atoms with Gasteiger partial charge in [-0.1, -0.05) is 0 Å². The van der Waals surface area contributed by atoms with Crippen molar-refractivity contribution >= 4 is 5.97 Å². The normalized spacial score (nSPS) is 10.2. The van der Waals surface area contributed by atoms with Crippen LogP contribution in [0.4, 0.5) is 0 Å². The van der Waals surface area contributed by atoms with Crippen LogP contribution in [-0.2, 0) is 11.8 Å². The van der Waals surface area contributed by atoms with Gasteiger partial charge < -0.3 is 9.30 Å². The Kier molecular flexibility index (Phi) is 3.23. The number of nitrogens with zero attached hydrogens (tertiary/aromatic N) is 2. The van der Waals surface area contributed by atoms with Crippen molar-refractivity contribution in [2.24, 2.45) is 7.05 Å². The minimum atomic E-state index is -0.296. The van der Waals surface area contributed by atoms with Crippen molar-refractivity contribution in [2.45, 2.75) is 6.92 Å². The number of hydrogen-bond acceptors (Lipinski definition) is 3. The van der Waals surface area contributed by atoms with Crippen LogP contribution in [0.15, 0.2) is 36.8 Å². The number of hydrogen-bond donors (Lipinski definition) is 0. The summed E-state index contributed by atoms with van der Waals surface area (Å²) in [6.07, 6.45) is 5.36. The highest BCUT2D eigenvalue weighted by atomic mass is 16.5. The Labute approximate surface area is 99.9 Å². The Balaban J connectivity index is 2.34. The van der Waals surface area contributed by atoms with Crippen molar-refractivity contribution in [3.05, 3.63) is 42.5 Å². The molecule has 0 aliphatic rings. The first kappa shape index (κ1) is 11.4. The van der Waals surface area contributed by atoms with Gasteiger partial charge >= 0.3 is 5.97 Å². The Morgan fingerprint density at radius 2 is 2.06 bits per heavy atom. The predicted octanol–water partition coefficient (Wildman–Crippen LogP) is 2.26. The molecule has 0 spiro atoms. The minimum Gasteiger partial charge on any atom is -0.461 e. The molecule has 88 valence electrons. The van der Waals surface area contributed by atoms with Crippen molar-refractivity contribution in [3.8, 4) is 11.1 Å². The molecule has 0 unspecified atom stereocenters. The van der Waals surface area contributed by atoms with Crippen molar-refractivity contribution in [2.75, 3.05) is 6.61 Å². The van der Waals surface area contributed by atoms with Crippen molar-refractivity contribution in [1.29, 1.82) is 0 Å². The highest BCUT2D eigenvalue weighted by molar-refractivity contribution is 5.89. The Morgan fingerprint density at radius 3 is 2.71 bits per heavy atom. The first-order valence-corrected chi connectivity index (χ1v) is 5.46. The van der Waals surface area contributed by atoms with Gasteiger partial charge in [0.15, 0.2) is 0 Å². The third-order valence-corrected chi connectivity index (χ3v) is 2.50. The van der Waals surface area contributed by atoms with E-state index < -0.39 is 0 Å². The highest BCUT2D eigenvalue weighted by Gasteiger charge is 2.13. The van der Waals surface area contributed by atoms with Gasteiger partial charge in [0.05, 0.1) is 6.61 Å². The molecule has 0 fully saturated rings. The van der Waals surface area contributed by atoms with Crippen LogP contribution in [0, 0.1) is 0 Å². The molecule has 0 aromatic carbocycles. The van der Waals surface area contributed by atoms with Gasteiger partial charge in [-0.3, -0.25) is 4.98 Å². The third kappa shape index (κ3) is 2.36. The SMILES string of the molecule is CCOC(=O)c1cc(-c2ccncc2)cn1C. The number of esters is 1. The van der Waals surface area contributed by atoms with E-state index in [2.05, 4.69) is 4.98 Å². The monoisotopic (exact) mass is 230 g/mol. The highest BCUT2D eigenvalue weighted by Crippen LogP contribution is 2.21. The number of carbonyl (C=O) groups excluding carboxylic acids is 1. The van der Waals surface area contributed by atoms with Crippen LogP contribution in [0.3, 0.4) is 0 Å². The summed E-state index contributed by atoms with van der Waals surface area (Å²) in [5.74, 6) is -0.296. The summed E-state index contributed by atoms with van der Waals surface area (Å²) in [5.41, 5.74) is 2.57. The molecular formula is C13H14N2O2. The van der Waals surface area contributed by atoms with E-state index in [-0.39, 0.29) is 5.97 Å². The molecule has 0 atom stereocenters. The van der Waals surface area contributed by atoms with Gasteiger partial charge in [-0.05, 0) is 30.7 Å². The summed E-state index contributed by atoms with van der Waals surface area (Å²) < 4.78 is 6.76. The van der Waals surface area contributed by atoms with Crippen LogP contribution in [0.5, 0.6) is 0 Å². The smallest absolute Gasteiger partial charge is 0.354 e. The van der Waals surface area contributed by atoms with Crippen LogP contribution in [-0.4, -0.2) is 22.1 Å². The number of carbonyl (C=O) groups is 1. The van der Waals surface area contributed by atoms with E-state index in [9.17, 15) is 4.79 Å². The lowest BCUT2D eigenvalue weighted by molar-refractivity contribution is 0.0515. The summed E-state index contributed by atoms with van der Waals surface area (Å²) in [6.45, 7) is 2.18. The molecule has 2 aromatic rings. The zero-order valence-electron chi connectivity index (χ0n) is 9.88. The number of aryl methyl sites for hydroxylation is 1. The standard InChI is InChI=1S/C13H14N2O2/c1-3-17-13(16)12-8-11(9-15(12)2)10-4-6-14-7-5-10/h4-9H,3H2,1-2H3. The number of pyridine rings is 1. The molecule has 2 rings (SSSR count). The fraction of sp³-hybridized carbons (Fsp3) is 0.231. The summed E-state index contributed by atoms with van der Waals surface area (Å²) in [4.78, 5) is 15.6. The second kappa shape index (κ2) is 4.82. The second-order valence-electron chi connectivity index (χ2n) is 3.68. The zero-order valence-corrected chi connectivity index (χ0v) is 9.88. The lowest BCUT2D eigenvalue weighted by atomic mass is 10.1. The molecular weight excluding hydrogens is 216 g/mol. The predicted molar refractivity (Wildman–Crippen MR) is 64.6 cm³/mol. The maximum atomic E-state index is 11.7. The summed E-state index contributed by atoms with van der Waals surface area (Å²) in [7, 11) is 1.83. The Hall–Kier alpha value is -2.10. The van der Waals surface area contributed by atoms with Crippen LogP contribution >= 0.6 is 0 Å². The number of ether oxygens (including phenoxy) is 1. The van der Waals surface area contributed by atoms with E-state index in [0.29, 0.717) is 12.3 Å². The van der Waals surface area contributed by atoms with E-state index >= 15 is 0 Å². The lowest BCUT2D eigenvalue weighted by Crippen LogP contribution is -2.08. The van der Waals surface area contributed by atoms with Crippen molar-refractivity contribution in [1.82, 2.24) is 9.55 Å². The molecule has 4 nitrogen and oxygen atoms in total. The summed E-state index contributed by atoms with van der Waals surface area (Å²) >= 11 is 0. The first-order chi connectivity index (χ1) is 8.22. The largest absolute Gasteiger partial charge is 0.461 e. The lowest BCUT2D eigenvalue weighted by Gasteiger charge is -2.01. The summed E-state index contributed by atoms with van der Waals surface area (Å²) in [6, 6.07) is 5.64. The van der Waals surface area contributed by atoms with E-state index in [1.54, 1.807) is 23.9 Å². The van der Waals surface area contributed by atoms with Gasteiger partial charge in [0.25, 0.3) is 0 Å². The molecule has 0 aliphatic heterocycles. The van der Waals surface area contributed by atoms with Crippen molar-refractivity contribution in [3.63, 3.8) is 0 Å². The van der Waals surface area contributed by atoms with Crippen LogP contribution < -0.4 is 0 Å². The summed E-state index contributed by atoms with van der Waals surface area (Å²) in [5, 5.41) is 0. The van der Waals surface area contributed by atoms with Crippen molar-refractivity contribution < 1.29 is 9.53 Å². The molecule has 0 saturated heterocycles. The molecule has 0 aliphatic carbocycles. The zero-order chi connectivity index (χ0) is 12.3. The third-order valence-electron chi connectivity index (χ3n) is 2.50. The fourth-order valence-corrected chi connectivity index (χ4v) is 1.67. The topological polar surface area (TPSA) is 44.1 Å². The maximum absolute atomic E-state index is 11.7. The molecule has 17 heavy (non-hydrogen) atoms. The van der Waals surface area contributed by atoms with Crippen LogP contribution in [0.2, 0.25) is 0 Å². The average Bonchev–Trinajstić information content (AvgIpc) is 2.73.